The van der Waals surface area contributed by atoms with Crippen molar-refractivity contribution in [2.24, 2.45) is 0 Å². The molecule has 3 aromatic rings. The Hall–Kier alpha value is -2.41. The number of fused-ring (bicyclic) bond motifs is 1. The molecule has 0 fully saturated rings. The van der Waals surface area contributed by atoms with Crippen molar-refractivity contribution in [2.75, 3.05) is 5.32 Å². The van der Waals surface area contributed by atoms with E-state index < -0.39 is 0 Å². The number of amides is 1. The normalized spacial score (nSPS) is 12.3. The average Bonchev–Trinajstić information content (AvgIpc) is 2.97. The molecule has 1 N–H and O–H groups in total. The Morgan fingerprint density at radius 2 is 2.13 bits per heavy atom. The Morgan fingerprint density at radius 3 is 2.83 bits per heavy atom. The van der Waals surface area contributed by atoms with Crippen molar-refractivity contribution in [1.82, 2.24) is 19.6 Å². The van der Waals surface area contributed by atoms with Gasteiger partial charge < -0.3 is 5.32 Å². The molecule has 1 amide bonds. The number of benzene rings is 1. The van der Waals surface area contributed by atoms with Gasteiger partial charge in [0.2, 0.25) is 11.1 Å². The van der Waals surface area contributed by atoms with Gasteiger partial charge in [-0.2, -0.15) is 4.98 Å². The third-order valence-corrected chi connectivity index (χ3v) is 4.33. The maximum Gasteiger partial charge on any atom is 0.253 e. The molecule has 3 rings (SSSR count). The quantitative estimate of drug-likeness (QED) is 0.730. The molecule has 0 radical (unpaired) electrons. The summed E-state index contributed by atoms with van der Waals surface area (Å²) >= 11 is 1.31. The molecular formula is C16H17N5OS. The molecule has 1 atom stereocenters. The fourth-order valence-corrected chi connectivity index (χ4v) is 2.79. The molecule has 6 nitrogen and oxygen atoms in total. The van der Waals surface area contributed by atoms with E-state index in [1.54, 1.807) is 23.0 Å². The van der Waals surface area contributed by atoms with E-state index in [4.69, 9.17) is 0 Å². The van der Waals surface area contributed by atoms with Crippen molar-refractivity contribution in [2.45, 2.75) is 30.7 Å². The van der Waals surface area contributed by atoms with Crippen molar-refractivity contribution >= 4 is 29.1 Å². The predicted octanol–water partition coefficient (Wildman–Crippen LogP) is 2.81. The molecule has 0 aliphatic rings. The standard InChI is InChI=1S/C16H17N5OS/c1-3-12-5-7-13(8-6-12)18-14(22)11(2)23-16-19-15-17-9-4-10-21(15)20-16/h4-11H,3H2,1-2H3,(H,18,22). The number of nitrogens with one attached hydrogen (secondary N) is 1. The van der Waals surface area contributed by atoms with E-state index in [1.165, 1.54) is 17.3 Å². The highest BCUT2D eigenvalue weighted by molar-refractivity contribution is 8.00. The van der Waals surface area contributed by atoms with Crippen LogP contribution >= 0.6 is 11.8 Å². The van der Waals surface area contributed by atoms with Crippen LogP contribution in [0.2, 0.25) is 0 Å². The number of aryl methyl sites for hydroxylation is 1. The van der Waals surface area contributed by atoms with Crippen LogP contribution in [0.4, 0.5) is 5.69 Å². The van der Waals surface area contributed by atoms with E-state index in [9.17, 15) is 4.79 Å². The first-order valence-corrected chi connectivity index (χ1v) is 8.27. The molecule has 0 spiro atoms. The van der Waals surface area contributed by atoms with Crippen LogP contribution in [-0.2, 0) is 11.2 Å². The molecule has 118 valence electrons. The number of hydrogen-bond donors (Lipinski definition) is 1. The maximum atomic E-state index is 12.3. The molecule has 7 heteroatoms. The van der Waals surface area contributed by atoms with Gasteiger partial charge in [-0.3, -0.25) is 4.79 Å². The summed E-state index contributed by atoms with van der Waals surface area (Å²) in [7, 11) is 0. The highest BCUT2D eigenvalue weighted by Crippen LogP contribution is 2.21. The second-order valence-electron chi connectivity index (χ2n) is 5.06. The van der Waals surface area contributed by atoms with Gasteiger partial charge in [0.25, 0.3) is 5.78 Å². The van der Waals surface area contributed by atoms with Crippen molar-refractivity contribution in [3.63, 3.8) is 0 Å². The summed E-state index contributed by atoms with van der Waals surface area (Å²) in [6.07, 6.45) is 4.42. The Labute approximate surface area is 138 Å². The fourth-order valence-electron chi connectivity index (χ4n) is 2.04. The minimum absolute atomic E-state index is 0.0777. The summed E-state index contributed by atoms with van der Waals surface area (Å²) in [4.78, 5) is 20.7. The number of carbonyl (C=O) groups excluding carboxylic acids is 1. The molecule has 1 aromatic carbocycles. The SMILES string of the molecule is CCc1ccc(NC(=O)C(C)Sc2nc3ncccn3n2)cc1. The van der Waals surface area contributed by atoms with Crippen molar-refractivity contribution in [1.29, 1.82) is 0 Å². The monoisotopic (exact) mass is 327 g/mol. The second-order valence-corrected chi connectivity index (χ2v) is 6.37. The predicted molar refractivity (Wildman–Crippen MR) is 90.6 cm³/mol. The number of anilines is 1. The molecule has 2 heterocycles. The lowest BCUT2D eigenvalue weighted by molar-refractivity contribution is -0.115. The summed E-state index contributed by atoms with van der Waals surface area (Å²) in [6.45, 7) is 3.93. The summed E-state index contributed by atoms with van der Waals surface area (Å²) in [5, 5.41) is 7.43. The van der Waals surface area contributed by atoms with Gasteiger partial charge in [-0.05, 0) is 37.1 Å². The van der Waals surface area contributed by atoms with E-state index in [0.717, 1.165) is 12.1 Å². The molecule has 0 aliphatic carbocycles. The molecule has 0 saturated heterocycles. The largest absolute Gasteiger partial charge is 0.325 e. The molecule has 0 saturated carbocycles. The molecule has 0 bridgehead atoms. The Kier molecular flexibility index (Phi) is 4.57. The van der Waals surface area contributed by atoms with Gasteiger partial charge >= 0.3 is 0 Å². The summed E-state index contributed by atoms with van der Waals surface area (Å²) in [5.74, 6) is 0.448. The lowest BCUT2D eigenvalue weighted by atomic mass is 10.1. The number of carbonyl (C=O) groups is 1. The molecule has 2 aromatic heterocycles. The highest BCUT2D eigenvalue weighted by atomic mass is 32.2. The zero-order valence-corrected chi connectivity index (χ0v) is 13.7. The van der Waals surface area contributed by atoms with Crippen molar-refractivity contribution < 1.29 is 4.79 Å². The average molecular weight is 327 g/mol. The number of aromatic nitrogens is 4. The Bertz CT molecular complexity index is 782. The van der Waals surface area contributed by atoms with Crippen LogP contribution in [0.15, 0.2) is 47.9 Å². The first-order chi connectivity index (χ1) is 11.2. The van der Waals surface area contributed by atoms with E-state index in [1.807, 2.05) is 31.2 Å². The minimum atomic E-state index is -0.307. The Balaban J connectivity index is 1.64. The smallest absolute Gasteiger partial charge is 0.253 e. The molecule has 23 heavy (non-hydrogen) atoms. The zero-order valence-electron chi connectivity index (χ0n) is 12.9. The first-order valence-electron chi connectivity index (χ1n) is 7.39. The van der Waals surface area contributed by atoms with Crippen LogP contribution in [0.1, 0.15) is 19.4 Å². The van der Waals surface area contributed by atoms with E-state index >= 15 is 0 Å². The maximum absolute atomic E-state index is 12.3. The van der Waals surface area contributed by atoms with Gasteiger partial charge in [0.05, 0.1) is 5.25 Å². The third-order valence-electron chi connectivity index (χ3n) is 3.38. The lowest BCUT2D eigenvalue weighted by Gasteiger charge is -2.10. The van der Waals surface area contributed by atoms with Crippen LogP contribution in [0.5, 0.6) is 0 Å². The van der Waals surface area contributed by atoms with E-state index in [2.05, 4.69) is 27.3 Å². The lowest BCUT2D eigenvalue weighted by Crippen LogP contribution is -2.22. The van der Waals surface area contributed by atoms with Gasteiger partial charge in [-0.1, -0.05) is 30.8 Å². The third kappa shape index (κ3) is 3.68. The van der Waals surface area contributed by atoms with Crippen molar-refractivity contribution in [3.8, 4) is 0 Å². The van der Waals surface area contributed by atoms with Crippen molar-refractivity contribution in [3.05, 3.63) is 48.3 Å². The van der Waals surface area contributed by atoms with Gasteiger partial charge in [-0.25, -0.2) is 9.50 Å². The van der Waals surface area contributed by atoms with Crippen LogP contribution in [0, 0.1) is 0 Å². The number of rotatable bonds is 5. The second kappa shape index (κ2) is 6.78. The van der Waals surface area contributed by atoms with Crippen LogP contribution in [0.25, 0.3) is 5.78 Å². The first kappa shape index (κ1) is 15.5. The van der Waals surface area contributed by atoms with Gasteiger partial charge in [-0.15, -0.1) is 5.10 Å². The molecule has 1 unspecified atom stereocenters. The number of hydrogen-bond acceptors (Lipinski definition) is 5. The number of thioether (sulfide) groups is 1. The summed E-state index contributed by atoms with van der Waals surface area (Å²) in [6, 6.07) is 9.65. The van der Waals surface area contributed by atoms with Crippen LogP contribution in [0.3, 0.4) is 0 Å². The van der Waals surface area contributed by atoms with Gasteiger partial charge in [0.1, 0.15) is 0 Å². The van der Waals surface area contributed by atoms with Gasteiger partial charge in [0.15, 0.2) is 0 Å². The minimum Gasteiger partial charge on any atom is -0.325 e. The zero-order chi connectivity index (χ0) is 16.2. The van der Waals surface area contributed by atoms with Crippen LogP contribution < -0.4 is 5.32 Å². The molecular weight excluding hydrogens is 310 g/mol. The molecule has 0 aliphatic heterocycles. The van der Waals surface area contributed by atoms with E-state index in [0.29, 0.717) is 10.9 Å². The number of nitrogens with zero attached hydrogens (tertiary/aromatic N) is 4. The van der Waals surface area contributed by atoms with Crippen LogP contribution in [-0.4, -0.2) is 30.7 Å². The summed E-state index contributed by atoms with van der Waals surface area (Å²) in [5.41, 5.74) is 2.04. The Morgan fingerprint density at radius 1 is 1.35 bits per heavy atom. The van der Waals surface area contributed by atoms with E-state index in [-0.39, 0.29) is 11.2 Å². The topological polar surface area (TPSA) is 72.2 Å². The fraction of sp³-hybridized carbons (Fsp3) is 0.250. The van der Waals surface area contributed by atoms with Gasteiger partial charge in [0, 0.05) is 18.1 Å². The highest BCUT2D eigenvalue weighted by Gasteiger charge is 2.17. The summed E-state index contributed by atoms with van der Waals surface area (Å²) < 4.78 is 1.59.